The Bertz CT molecular complexity index is 1370. The molecule has 3 fully saturated rings. The van der Waals surface area contributed by atoms with Crippen LogP contribution in [0.1, 0.15) is 129 Å². The van der Waals surface area contributed by atoms with Crippen LogP contribution in [0, 0.1) is 0 Å². The summed E-state index contributed by atoms with van der Waals surface area (Å²) in [5.41, 5.74) is 0.105. The second-order valence-electron chi connectivity index (χ2n) is 15.2. The highest BCUT2D eigenvalue weighted by Crippen LogP contribution is 2.40. The van der Waals surface area contributed by atoms with E-state index in [0.717, 1.165) is 69.8 Å². The number of hydrogen-bond donors (Lipinski definition) is 1. The quantitative estimate of drug-likeness (QED) is 0.137. The van der Waals surface area contributed by atoms with Gasteiger partial charge in [-0.25, -0.2) is 9.79 Å². The van der Waals surface area contributed by atoms with E-state index in [1.807, 2.05) is 30.1 Å². The van der Waals surface area contributed by atoms with Crippen LogP contribution < -0.4 is 10.1 Å². The number of nitrogens with one attached hydrogen (secondary N) is 1. The lowest BCUT2D eigenvalue weighted by atomic mass is 9.89. The maximum atomic E-state index is 14.2. The monoisotopic (exact) mass is 767 g/mol. The van der Waals surface area contributed by atoms with Crippen molar-refractivity contribution in [2.45, 2.75) is 157 Å². The fourth-order valence-electron chi connectivity index (χ4n) is 7.89. The van der Waals surface area contributed by atoms with Crippen LogP contribution in [0.15, 0.2) is 23.2 Å². The Labute approximate surface area is 318 Å². The Balaban J connectivity index is 1.29. The van der Waals surface area contributed by atoms with Gasteiger partial charge in [0.05, 0.1) is 12.3 Å². The van der Waals surface area contributed by atoms with E-state index in [1.165, 1.54) is 46.0 Å². The van der Waals surface area contributed by atoms with Crippen molar-refractivity contribution < 1.29 is 23.9 Å². The van der Waals surface area contributed by atoms with Crippen LogP contribution in [-0.2, 0) is 20.9 Å². The third-order valence-electron chi connectivity index (χ3n) is 11.0. The molecule has 3 aliphatic carbocycles. The van der Waals surface area contributed by atoms with Crippen molar-refractivity contribution in [3.8, 4) is 5.75 Å². The minimum Gasteiger partial charge on any atom is -0.494 e. The molecule has 4 aliphatic rings. The zero-order valence-electron chi connectivity index (χ0n) is 30.6. The van der Waals surface area contributed by atoms with E-state index in [9.17, 15) is 14.4 Å². The van der Waals surface area contributed by atoms with E-state index in [1.54, 1.807) is 4.90 Å². The summed E-state index contributed by atoms with van der Waals surface area (Å²) in [6.45, 7) is 3.52. The lowest BCUT2D eigenvalue weighted by Gasteiger charge is -2.42. The molecule has 1 aliphatic heterocycles. The Morgan fingerprint density at radius 1 is 0.882 bits per heavy atom. The highest BCUT2D eigenvalue weighted by atomic mass is 35.6. The van der Waals surface area contributed by atoms with Crippen LogP contribution in [0.25, 0.3) is 0 Å². The largest absolute Gasteiger partial charge is 0.494 e. The van der Waals surface area contributed by atoms with E-state index in [-0.39, 0.29) is 43.1 Å². The van der Waals surface area contributed by atoms with Crippen LogP contribution in [0.4, 0.5) is 10.5 Å². The van der Waals surface area contributed by atoms with Crippen LogP contribution in [0.2, 0.25) is 0 Å². The SMILES string of the molecule is CN(C(=O)CCCOc1ccc2c(c1)CN(CC(=O)OC(C)(C)C(Cl)(Cl)Cl)C(NC(=O)N(C1CCCCC1)C1CCCCC1)=N2)C1CCCCC1. The summed E-state index contributed by atoms with van der Waals surface area (Å²) in [5, 5.41) is 3.11. The molecule has 1 heterocycles. The second kappa shape index (κ2) is 18.1. The molecule has 5 rings (SSSR count). The molecule has 284 valence electrons. The molecule has 1 aromatic rings. The first kappa shape index (κ1) is 39.8. The van der Waals surface area contributed by atoms with Gasteiger partial charge in [0, 0.05) is 43.7 Å². The second-order valence-corrected chi connectivity index (χ2v) is 17.5. The van der Waals surface area contributed by atoms with Crippen molar-refractivity contribution in [3.05, 3.63) is 23.8 Å². The van der Waals surface area contributed by atoms with Gasteiger partial charge in [-0.3, -0.25) is 14.9 Å². The number of nitrogens with zero attached hydrogens (tertiary/aromatic N) is 4. The normalized spacial score (nSPS) is 19.5. The molecule has 0 atom stereocenters. The number of ether oxygens (including phenoxy) is 2. The van der Waals surface area contributed by atoms with E-state index in [2.05, 4.69) is 10.2 Å². The number of guanidine groups is 1. The lowest BCUT2D eigenvalue weighted by Crippen LogP contribution is -2.57. The van der Waals surface area contributed by atoms with Crippen molar-refractivity contribution >= 4 is 64.4 Å². The highest BCUT2D eigenvalue weighted by Gasteiger charge is 2.44. The summed E-state index contributed by atoms with van der Waals surface area (Å²) in [7, 11) is 1.92. The van der Waals surface area contributed by atoms with Gasteiger partial charge in [0.15, 0.2) is 5.60 Å². The van der Waals surface area contributed by atoms with Crippen molar-refractivity contribution in [2.24, 2.45) is 4.99 Å². The first-order valence-corrected chi connectivity index (χ1v) is 20.2. The number of halogens is 3. The summed E-state index contributed by atoms with van der Waals surface area (Å²) < 4.78 is 9.87. The van der Waals surface area contributed by atoms with Gasteiger partial charge in [-0.15, -0.1) is 0 Å². The van der Waals surface area contributed by atoms with Gasteiger partial charge < -0.3 is 24.2 Å². The van der Waals surface area contributed by atoms with Gasteiger partial charge in [0.2, 0.25) is 15.7 Å². The standard InChI is InChI=1S/C38H56Cl3N5O5/c1-37(2,38(39,40)41)51-34(48)26-45-25-27-24-31(50-23-13-20-33(47)44(3)28-14-7-4-8-15-28)21-22-32(27)42-35(45)43-36(49)46(29-16-9-5-10-17-29)30-18-11-6-12-19-30/h21-22,24,28-30H,4-20,23,25-26H2,1-3H3,(H,42,43,49). The molecule has 0 bridgehead atoms. The molecule has 1 N–H and O–H groups in total. The van der Waals surface area contributed by atoms with E-state index < -0.39 is 15.4 Å². The van der Waals surface area contributed by atoms with E-state index in [0.29, 0.717) is 36.9 Å². The van der Waals surface area contributed by atoms with Crippen LogP contribution >= 0.6 is 34.8 Å². The molecule has 13 heteroatoms. The maximum absolute atomic E-state index is 14.2. The zero-order chi connectivity index (χ0) is 36.6. The Morgan fingerprint density at radius 3 is 2.02 bits per heavy atom. The molecule has 0 radical (unpaired) electrons. The Hall–Kier alpha value is -2.43. The molecular formula is C38H56Cl3N5O5. The molecule has 1 aromatic carbocycles. The number of carbonyl (C=O) groups excluding carboxylic acids is 3. The number of benzene rings is 1. The fraction of sp³-hybridized carbons (Fsp3) is 0.737. The summed E-state index contributed by atoms with van der Waals surface area (Å²) in [6, 6.07) is 6.14. The summed E-state index contributed by atoms with van der Waals surface area (Å²) in [6.07, 6.45) is 17.7. The molecule has 0 spiro atoms. The van der Waals surface area contributed by atoms with Crippen LogP contribution in [0.3, 0.4) is 0 Å². The first-order valence-electron chi connectivity index (χ1n) is 19.1. The first-order chi connectivity index (χ1) is 24.3. The van der Waals surface area contributed by atoms with Gasteiger partial charge in [0.25, 0.3) is 0 Å². The fourth-order valence-corrected chi connectivity index (χ4v) is 8.01. The van der Waals surface area contributed by atoms with Gasteiger partial charge in [-0.2, -0.15) is 0 Å². The van der Waals surface area contributed by atoms with Crippen molar-refractivity contribution in [2.75, 3.05) is 20.2 Å². The van der Waals surface area contributed by atoms with Crippen LogP contribution in [-0.4, -0.2) is 86.3 Å². The van der Waals surface area contributed by atoms with Gasteiger partial charge in [0.1, 0.15) is 12.3 Å². The molecule has 51 heavy (non-hydrogen) atoms. The molecule has 0 aromatic heterocycles. The molecule has 0 unspecified atom stereocenters. The average Bonchev–Trinajstić information content (AvgIpc) is 3.10. The molecular weight excluding hydrogens is 713 g/mol. The number of amides is 3. The van der Waals surface area contributed by atoms with Crippen molar-refractivity contribution in [1.82, 2.24) is 20.0 Å². The predicted octanol–water partition coefficient (Wildman–Crippen LogP) is 8.81. The Morgan fingerprint density at radius 2 is 1.45 bits per heavy atom. The smallest absolute Gasteiger partial charge is 0.326 e. The van der Waals surface area contributed by atoms with E-state index >= 15 is 0 Å². The van der Waals surface area contributed by atoms with E-state index in [4.69, 9.17) is 49.3 Å². The molecule has 0 saturated heterocycles. The van der Waals surface area contributed by atoms with Crippen molar-refractivity contribution in [3.63, 3.8) is 0 Å². The minimum atomic E-state index is -1.84. The number of rotatable bonds is 11. The van der Waals surface area contributed by atoms with Gasteiger partial charge in [-0.1, -0.05) is 92.6 Å². The predicted molar refractivity (Wildman–Crippen MR) is 203 cm³/mol. The molecule has 3 amide bonds. The summed E-state index contributed by atoms with van der Waals surface area (Å²) >= 11 is 18.3. The summed E-state index contributed by atoms with van der Waals surface area (Å²) in [5.74, 6) is 0.460. The number of urea groups is 1. The van der Waals surface area contributed by atoms with Gasteiger partial charge >= 0.3 is 12.0 Å². The van der Waals surface area contributed by atoms with Crippen molar-refractivity contribution in [1.29, 1.82) is 0 Å². The lowest BCUT2D eigenvalue weighted by molar-refractivity contribution is -0.156. The zero-order valence-corrected chi connectivity index (χ0v) is 32.8. The third kappa shape index (κ3) is 10.8. The number of esters is 1. The third-order valence-corrected chi connectivity index (χ3v) is 12.4. The number of hydrogen-bond acceptors (Lipinski definition) is 7. The average molecular weight is 769 g/mol. The number of alkyl halides is 3. The van der Waals surface area contributed by atoms with Gasteiger partial charge in [-0.05, 0) is 77.0 Å². The molecule has 10 nitrogen and oxygen atoms in total. The number of aliphatic imine (C=N–C) groups is 1. The maximum Gasteiger partial charge on any atom is 0.326 e. The highest BCUT2D eigenvalue weighted by molar-refractivity contribution is 6.68. The van der Waals surface area contributed by atoms with Crippen LogP contribution in [0.5, 0.6) is 5.75 Å². The summed E-state index contributed by atoms with van der Waals surface area (Å²) in [4.78, 5) is 50.8. The molecule has 3 saturated carbocycles. The number of fused-ring (bicyclic) bond motifs is 1. The minimum absolute atomic E-state index is 0.158. The Kier molecular flexibility index (Phi) is 14.1. The topological polar surface area (TPSA) is 104 Å². The number of carbonyl (C=O) groups is 3.